The van der Waals surface area contributed by atoms with Crippen molar-refractivity contribution in [3.63, 3.8) is 0 Å². The third-order valence-corrected chi connectivity index (χ3v) is 6.85. The molecule has 0 bridgehead atoms. The first-order valence-corrected chi connectivity index (χ1v) is 14.5. The van der Waals surface area contributed by atoms with E-state index in [1.54, 1.807) is 0 Å². The Hall–Kier alpha value is -4.89. The molecule has 0 radical (unpaired) electrons. The van der Waals surface area contributed by atoms with Crippen LogP contribution >= 0.6 is 0 Å². The van der Waals surface area contributed by atoms with Crippen LogP contribution in [0.2, 0.25) is 0 Å². The summed E-state index contributed by atoms with van der Waals surface area (Å²) in [6.07, 6.45) is 8.71. The summed E-state index contributed by atoms with van der Waals surface area (Å²) in [7, 11) is 0. The molecule has 0 aliphatic carbocycles. The van der Waals surface area contributed by atoms with E-state index in [0.717, 1.165) is 40.3 Å². The van der Waals surface area contributed by atoms with Gasteiger partial charge in [-0.3, -0.25) is 0 Å². The summed E-state index contributed by atoms with van der Waals surface area (Å²) >= 11 is 0. The molecule has 3 heteroatoms. The summed E-state index contributed by atoms with van der Waals surface area (Å²) in [5, 5.41) is 0. The average Bonchev–Trinajstić information content (AvgIpc) is 3.03. The second kappa shape index (κ2) is 14.7. The van der Waals surface area contributed by atoms with Crippen LogP contribution in [0.5, 0.6) is 11.5 Å². The Labute approximate surface area is 250 Å². The van der Waals surface area contributed by atoms with Gasteiger partial charge in [-0.25, -0.2) is 0 Å². The third kappa shape index (κ3) is 8.55. The quantitative estimate of drug-likeness (QED) is 0.144. The Kier molecular flexibility index (Phi) is 9.99. The van der Waals surface area contributed by atoms with Crippen LogP contribution in [0.1, 0.15) is 47.5 Å². The van der Waals surface area contributed by atoms with E-state index in [9.17, 15) is 0 Å². The molecule has 3 nitrogen and oxygen atoms in total. The summed E-state index contributed by atoms with van der Waals surface area (Å²) in [6, 6.07) is 43.4. The molecule has 0 unspecified atom stereocenters. The number of benzene rings is 4. The minimum Gasteiger partial charge on any atom is -0.489 e. The predicted octanol–water partition coefficient (Wildman–Crippen LogP) is 9.13. The SMILES string of the molecule is CC(C)C[n+]1c(/C=C/c2ccc(OCc3ccccc3)cc2)cccc1/C=C/c1ccc(OCc2ccccc2)cc1. The second-order valence-electron chi connectivity index (χ2n) is 10.7. The van der Waals surface area contributed by atoms with Gasteiger partial charge in [0, 0.05) is 30.2 Å². The van der Waals surface area contributed by atoms with Crippen molar-refractivity contribution in [1.29, 1.82) is 0 Å². The standard InChI is InChI=1S/C39H38NO2/c1-31(2)28-40-36(22-16-32-18-24-38(25-19-32)41-29-34-10-5-3-6-11-34)14-9-15-37(40)23-17-33-20-26-39(27-21-33)42-30-35-12-7-4-8-13-35/h3-27,31H,28-30H2,1-2H3/q+1/b22-16+,23-17+. The number of ether oxygens (including phenoxy) is 2. The summed E-state index contributed by atoms with van der Waals surface area (Å²) in [6.45, 7) is 6.57. The zero-order valence-electron chi connectivity index (χ0n) is 24.4. The normalized spacial score (nSPS) is 11.4. The molecular weight excluding hydrogens is 514 g/mol. The number of pyridine rings is 1. The smallest absolute Gasteiger partial charge is 0.205 e. The van der Waals surface area contributed by atoms with Gasteiger partial charge in [0.25, 0.3) is 0 Å². The monoisotopic (exact) mass is 552 g/mol. The Bertz CT molecular complexity index is 1470. The lowest BCUT2D eigenvalue weighted by Crippen LogP contribution is -2.42. The summed E-state index contributed by atoms with van der Waals surface area (Å²) in [4.78, 5) is 0. The van der Waals surface area contributed by atoms with E-state index in [4.69, 9.17) is 9.47 Å². The minimum absolute atomic E-state index is 0.513. The predicted molar refractivity (Wildman–Crippen MR) is 174 cm³/mol. The van der Waals surface area contributed by atoms with E-state index < -0.39 is 0 Å². The maximum atomic E-state index is 5.95. The van der Waals surface area contributed by atoms with Gasteiger partial charge in [0.1, 0.15) is 24.7 Å². The van der Waals surface area contributed by atoms with Crippen molar-refractivity contribution in [2.45, 2.75) is 33.6 Å². The Morgan fingerprint density at radius 3 is 1.33 bits per heavy atom. The van der Waals surface area contributed by atoms with Crippen molar-refractivity contribution >= 4 is 24.3 Å². The highest BCUT2D eigenvalue weighted by Crippen LogP contribution is 2.18. The molecule has 1 heterocycles. The second-order valence-corrected chi connectivity index (χ2v) is 10.7. The molecular formula is C39H38NO2+. The number of rotatable bonds is 12. The van der Waals surface area contributed by atoms with Crippen LogP contribution in [0, 0.1) is 5.92 Å². The third-order valence-electron chi connectivity index (χ3n) is 6.85. The highest BCUT2D eigenvalue weighted by molar-refractivity contribution is 5.69. The fraction of sp³-hybridized carbons (Fsp3) is 0.154. The van der Waals surface area contributed by atoms with Gasteiger partial charge in [-0.05, 0) is 64.7 Å². The van der Waals surface area contributed by atoms with Crippen LogP contribution in [0.25, 0.3) is 24.3 Å². The van der Waals surface area contributed by atoms with E-state index in [0.29, 0.717) is 19.1 Å². The summed E-state index contributed by atoms with van der Waals surface area (Å²) in [5.74, 6) is 2.25. The number of aromatic nitrogens is 1. The van der Waals surface area contributed by atoms with E-state index in [1.165, 1.54) is 11.4 Å². The van der Waals surface area contributed by atoms with Gasteiger partial charge in [0.2, 0.25) is 11.4 Å². The van der Waals surface area contributed by atoms with Gasteiger partial charge >= 0.3 is 0 Å². The van der Waals surface area contributed by atoms with E-state index in [-0.39, 0.29) is 0 Å². The summed E-state index contributed by atoms with van der Waals surface area (Å²) < 4.78 is 14.3. The van der Waals surface area contributed by atoms with E-state index in [2.05, 4.69) is 109 Å². The maximum absolute atomic E-state index is 5.95. The van der Waals surface area contributed by atoms with Crippen molar-refractivity contribution in [3.05, 3.63) is 161 Å². The molecule has 0 spiro atoms. The Morgan fingerprint density at radius 2 is 0.929 bits per heavy atom. The first-order valence-electron chi connectivity index (χ1n) is 14.5. The molecule has 0 saturated heterocycles. The lowest BCUT2D eigenvalue weighted by molar-refractivity contribution is -0.705. The molecule has 0 N–H and O–H groups in total. The summed E-state index contributed by atoms with van der Waals surface area (Å²) in [5.41, 5.74) is 6.92. The van der Waals surface area contributed by atoms with Crippen molar-refractivity contribution in [1.82, 2.24) is 0 Å². The lowest BCUT2D eigenvalue weighted by Gasteiger charge is -2.08. The van der Waals surface area contributed by atoms with Gasteiger partial charge in [-0.2, -0.15) is 4.57 Å². The van der Waals surface area contributed by atoms with E-state index >= 15 is 0 Å². The lowest BCUT2D eigenvalue weighted by atomic mass is 10.1. The van der Waals surface area contributed by atoms with Crippen molar-refractivity contribution in [2.24, 2.45) is 5.92 Å². The average molecular weight is 553 g/mol. The van der Waals surface area contributed by atoms with Crippen molar-refractivity contribution in [2.75, 3.05) is 0 Å². The molecule has 0 amide bonds. The highest BCUT2D eigenvalue weighted by atomic mass is 16.5. The molecule has 0 saturated carbocycles. The first-order chi connectivity index (χ1) is 20.6. The van der Waals surface area contributed by atoms with Gasteiger partial charge in [-0.1, -0.05) is 98.8 Å². The molecule has 42 heavy (non-hydrogen) atoms. The van der Waals surface area contributed by atoms with Gasteiger partial charge in [0.15, 0.2) is 6.54 Å². The molecule has 0 aliphatic heterocycles. The molecule has 5 aromatic rings. The largest absolute Gasteiger partial charge is 0.489 e. The zero-order valence-corrected chi connectivity index (χ0v) is 24.4. The first kappa shape index (κ1) is 28.6. The van der Waals surface area contributed by atoms with E-state index in [1.807, 2.05) is 60.7 Å². The Balaban J connectivity index is 1.25. The highest BCUT2D eigenvalue weighted by Gasteiger charge is 2.14. The molecule has 5 rings (SSSR count). The number of nitrogens with zero attached hydrogens (tertiary/aromatic N) is 1. The van der Waals surface area contributed by atoms with Crippen LogP contribution in [0.3, 0.4) is 0 Å². The van der Waals surface area contributed by atoms with Crippen LogP contribution in [0.15, 0.2) is 127 Å². The number of hydrogen-bond donors (Lipinski definition) is 0. The Morgan fingerprint density at radius 1 is 0.500 bits per heavy atom. The van der Waals surface area contributed by atoms with Gasteiger partial charge in [0.05, 0.1) is 0 Å². The molecule has 0 fully saturated rings. The van der Waals surface area contributed by atoms with Crippen LogP contribution in [-0.4, -0.2) is 0 Å². The van der Waals surface area contributed by atoms with Crippen molar-refractivity contribution < 1.29 is 14.0 Å². The van der Waals surface area contributed by atoms with Crippen molar-refractivity contribution in [3.8, 4) is 11.5 Å². The minimum atomic E-state index is 0.513. The molecule has 1 aromatic heterocycles. The van der Waals surface area contributed by atoms with Crippen LogP contribution < -0.4 is 14.0 Å². The fourth-order valence-electron chi connectivity index (χ4n) is 4.64. The van der Waals surface area contributed by atoms with Gasteiger partial charge < -0.3 is 9.47 Å². The molecule has 210 valence electrons. The number of hydrogen-bond acceptors (Lipinski definition) is 2. The topological polar surface area (TPSA) is 22.3 Å². The van der Waals surface area contributed by atoms with Gasteiger partial charge in [-0.15, -0.1) is 0 Å². The zero-order chi connectivity index (χ0) is 29.0. The maximum Gasteiger partial charge on any atom is 0.205 e. The van der Waals surface area contributed by atoms with Crippen LogP contribution in [0.4, 0.5) is 0 Å². The fourth-order valence-corrected chi connectivity index (χ4v) is 4.64. The molecule has 4 aromatic carbocycles. The molecule has 0 aliphatic rings. The van der Waals surface area contributed by atoms with Crippen LogP contribution in [-0.2, 0) is 19.8 Å². The molecule has 0 atom stereocenters.